The molecule has 0 unspecified atom stereocenters. The van der Waals surface area contributed by atoms with Crippen molar-refractivity contribution >= 4 is 44.1 Å². The topological polar surface area (TPSA) is 125 Å². The Bertz CT molecular complexity index is 1260. The van der Waals surface area contributed by atoms with Crippen LogP contribution in [0.5, 0.6) is 0 Å². The van der Waals surface area contributed by atoms with Crippen molar-refractivity contribution in [2.24, 2.45) is 0 Å². The Morgan fingerprint density at radius 1 is 1.08 bits per heavy atom. The van der Waals surface area contributed by atoms with E-state index < -0.39 is 16.0 Å². The summed E-state index contributed by atoms with van der Waals surface area (Å²) in [6.07, 6.45) is 0. The van der Waals surface area contributed by atoms with Gasteiger partial charge in [0.25, 0.3) is 5.91 Å². The van der Waals surface area contributed by atoms with Gasteiger partial charge in [-0.3, -0.25) is 14.5 Å². The number of anilines is 1. The van der Waals surface area contributed by atoms with E-state index in [1.54, 1.807) is 32.9 Å². The maximum absolute atomic E-state index is 13.2. The Morgan fingerprint density at radius 3 is 2.36 bits per heavy atom. The molecule has 1 aromatic heterocycles. The molecule has 2 heterocycles. The minimum atomic E-state index is -3.63. The summed E-state index contributed by atoms with van der Waals surface area (Å²) in [5.41, 5.74) is 2.18. The summed E-state index contributed by atoms with van der Waals surface area (Å²) in [4.78, 5) is 40.0. The lowest BCUT2D eigenvalue weighted by molar-refractivity contribution is -0.117. The van der Waals surface area contributed by atoms with E-state index >= 15 is 0 Å². The molecular formula is C24H32N4O6S2. The number of rotatable bonds is 8. The van der Waals surface area contributed by atoms with Crippen LogP contribution in [0.3, 0.4) is 0 Å². The minimum Gasteiger partial charge on any atom is -0.462 e. The molecule has 10 nitrogen and oxygen atoms in total. The van der Waals surface area contributed by atoms with Crippen molar-refractivity contribution < 1.29 is 27.5 Å². The zero-order valence-corrected chi connectivity index (χ0v) is 22.8. The maximum Gasteiger partial charge on any atom is 0.341 e. The van der Waals surface area contributed by atoms with Crippen LogP contribution in [0.2, 0.25) is 0 Å². The molecule has 2 N–H and O–H groups in total. The maximum atomic E-state index is 13.2. The van der Waals surface area contributed by atoms with Crippen LogP contribution >= 0.6 is 11.3 Å². The van der Waals surface area contributed by atoms with Crippen LogP contribution in [-0.4, -0.2) is 81.8 Å². The van der Waals surface area contributed by atoms with Gasteiger partial charge in [-0.1, -0.05) is 12.1 Å². The molecule has 0 saturated carbocycles. The monoisotopic (exact) mass is 536 g/mol. The number of hydrogen-bond donors (Lipinski definition) is 2. The van der Waals surface area contributed by atoms with Crippen molar-refractivity contribution in [3.05, 3.63) is 45.3 Å². The molecule has 0 radical (unpaired) electrons. The molecule has 36 heavy (non-hydrogen) atoms. The molecule has 1 saturated heterocycles. The van der Waals surface area contributed by atoms with E-state index in [2.05, 4.69) is 10.6 Å². The van der Waals surface area contributed by atoms with E-state index in [0.29, 0.717) is 34.0 Å². The van der Waals surface area contributed by atoms with Crippen LogP contribution in [-0.2, 0) is 19.6 Å². The smallest absolute Gasteiger partial charge is 0.341 e. The second-order valence-corrected chi connectivity index (χ2v) is 11.5. The van der Waals surface area contributed by atoms with Crippen LogP contribution < -0.4 is 10.6 Å². The summed E-state index contributed by atoms with van der Waals surface area (Å²) in [6.45, 7) is 8.42. The highest BCUT2D eigenvalue weighted by Crippen LogP contribution is 2.34. The Labute approximate surface area is 215 Å². The highest BCUT2D eigenvalue weighted by atomic mass is 32.2. The van der Waals surface area contributed by atoms with E-state index in [0.717, 1.165) is 16.9 Å². The molecule has 0 atom stereocenters. The van der Waals surface area contributed by atoms with E-state index in [1.165, 1.54) is 11.4 Å². The molecule has 1 aliphatic rings. The van der Waals surface area contributed by atoms with Gasteiger partial charge in [0.1, 0.15) is 5.00 Å². The van der Waals surface area contributed by atoms with Gasteiger partial charge in [-0.15, -0.1) is 11.3 Å². The Morgan fingerprint density at radius 2 is 1.75 bits per heavy atom. The molecule has 0 spiro atoms. The van der Waals surface area contributed by atoms with Crippen molar-refractivity contribution in [2.45, 2.75) is 32.6 Å². The molecule has 196 valence electrons. The number of ether oxygens (including phenoxy) is 1. The number of thiophene rings is 1. The number of nitrogens with one attached hydrogen (secondary N) is 2. The highest BCUT2D eigenvalue weighted by Gasteiger charge is 2.31. The van der Waals surface area contributed by atoms with Gasteiger partial charge in [0.05, 0.1) is 28.5 Å². The third kappa shape index (κ3) is 5.94. The highest BCUT2D eigenvalue weighted by molar-refractivity contribution is 7.89. The molecular weight excluding hydrogens is 504 g/mol. The van der Waals surface area contributed by atoms with Gasteiger partial charge in [0.2, 0.25) is 15.9 Å². The fraction of sp³-hybridized carbons (Fsp3) is 0.458. The van der Waals surface area contributed by atoms with Gasteiger partial charge >= 0.3 is 5.97 Å². The second kappa shape index (κ2) is 11.5. The normalized spacial score (nSPS) is 14.9. The second-order valence-electron chi connectivity index (χ2n) is 8.56. The molecule has 1 fully saturated rings. The fourth-order valence-corrected chi connectivity index (χ4v) is 6.89. The molecule has 2 amide bonds. The number of esters is 1. The number of sulfonamides is 1. The number of aryl methyl sites for hydroxylation is 2. The summed E-state index contributed by atoms with van der Waals surface area (Å²) in [5.74, 6) is -1.33. The number of carbonyl (C=O) groups excluding carboxylic acids is 3. The Kier molecular flexibility index (Phi) is 8.88. The van der Waals surface area contributed by atoms with E-state index in [9.17, 15) is 22.8 Å². The largest absolute Gasteiger partial charge is 0.462 e. The van der Waals surface area contributed by atoms with Crippen LogP contribution in [0, 0.1) is 20.8 Å². The SMILES string of the molecule is CCOC(=O)c1c(NC(=O)CN2CCN(S(=O)(=O)c3cc(C)ccc3C)CC2)sc(C(=O)NC)c1C. The van der Waals surface area contributed by atoms with Gasteiger partial charge < -0.3 is 15.4 Å². The lowest BCUT2D eigenvalue weighted by atomic mass is 10.1. The van der Waals surface area contributed by atoms with Gasteiger partial charge in [-0.2, -0.15) is 4.31 Å². The van der Waals surface area contributed by atoms with E-state index in [4.69, 9.17) is 4.74 Å². The van der Waals surface area contributed by atoms with Gasteiger partial charge in [-0.25, -0.2) is 13.2 Å². The quantitative estimate of drug-likeness (QED) is 0.495. The summed E-state index contributed by atoms with van der Waals surface area (Å²) in [6, 6.07) is 5.36. The average Bonchev–Trinajstić information content (AvgIpc) is 3.15. The fourth-order valence-electron chi connectivity index (χ4n) is 4.00. The first kappa shape index (κ1) is 27.8. The summed E-state index contributed by atoms with van der Waals surface area (Å²) >= 11 is 1.02. The van der Waals surface area contributed by atoms with Crippen LogP contribution in [0.1, 0.15) is 43.6 Å². The third-order valence-electron chi connectivity index (χ3n) is 5.97. The van der Waals surface area contributed by atoms with Crippen molar-refractivity contribution in [2.75, 3.05) is 51.7 Å². The minimum absolute atomic E-state index is 0.0197. The van der Waals surface area contributed by atoms with Gasteiger partial charge in [-0.05, 0) is 50.5 Å². The Balaban J connectivity index is 1.67. The molecule has 1 aromatic carbocycles. The van der Waals surface area contributed by atoms with Crippen molar-refractivity contribution in [1.29, 1.82) is 0 Å². The van der Waals surface area contributed by atoms with Gasteiger partial charge in [0, 0.05) is 33.2 Å². The zero-order chi connectivity index (χ0) is 26.6. The summed E-state index contributed by atoms with van der Waals surface area (Å²) in [7, 11) is -2.14. The Hall–Kier alpha value is -2.80. The van der Waals surface area contributed by atoms with Crippen molar-refractivity contribution in [3.63, 3.8) is 0 Å². The molecule has 2 aromatic rings. The first-order chi connectivity index (χ1) is 17.0. The van der Waals surface area contributed by atoms with Gasteiger partial charge in [0.15, 0.2) is 0 Å². The lowest BCUT2D eigenvalue weighted by Gasteiger charge is -2.33. The standard InChI is InChI=1S/C24H32N4O6S2/c1-6-34-24(31)20-17(4)21(22(30)25-5)35-23(20)26-19(29)14-27-9-11-28(12-10-27)36(32,33)18-13-15(2)7-8-16(18)3/h7-8,13H,6,9-12,14H2,1-5H3,(H,25,30)(H,26,29). The van der Waals surface area contributed by atoms with Crippen LogP contribution in [0.25, 0.3) is 0 Å². The number of amides is 2. The number of nitrogens with zero attached hydrogens (tertiary/aromatic N) is 2. The first-order valence-corrected chi connectivity index (χ1v) is 13.9. The molecule has 0 aliphatic carbocycles. The molecule has 1 aliphatic heterocycles. The van der Waals surface area contributed by atoms with E-state index in [1.807, 2.05) is 17.9 Å². The predicted molar refractivity (Wildman–Crippen MR) is 138 cm³/mol. The van der Waals surface area contributed by atoms with E-state index in [-0.39, 0.29) is 48.6 Å². The number of benzene rings is 1. The molecule has 12 heteroatoms. The summed E-state index contributed by atoms with van der Waals surface area (Å²) < 4.78 is 32.9. The molecule has 3 rings (SSSR count). The zero-order valence-electron chi connectivity index (χ0n) is 21.1. The van der Waals surface area contributed by atoms with Crippen molar-refractivity contribution in [3.8, 4) is 0 Å². The first-order valence-electron chi connectivity index (χ1n) is 11.6. The van der Waals surface area contributed by atoms with Crippen molar-refractivity contribution in [1.82, 2.24) is 14.5 Å². The average molecular weight is 537 g/mol. The summed E-state index contributed by atoms with van der Waals surface area (Å²) in [5, 5.41) is 5.53. The number of carbonyl (C=O) groups is 3. The molecule has 0 bridgehead atoms. The predicted octanol–water partition coefficient (Wildman–Crippen LogP) is 2.15. The van der Waals surface area contributed by atoms with Crippen LogP contribution in [0.4, 0.5) is 5.00 Å². The number of hydrogen-bond acceptors (Lipinski definition) is 8. The van der Waals surface area contributed by atoms with Crippen LogP contribution in [0.15, 0.2) is 23.1 Å². The lowest BCUT2D eigenvalue weighted by Crippen LogP contribution is -2.50. The number of piperazine rings is 1. The third-order valence-corrected chi connectivity index (χ3v) is 9.22.